The summed E-state index contributed by atoms with van der Waals surface area (Å²) in [4.78, 5) is 7.06. The van der Waals surface area contributed by atoms with Crippen molar-refractivity contribution in [2.45, 2.75) is 63.2 Å². The van der Waals surface area contributed by atoms with Crippen molar-refractivity contribution in [3.8, 4) is 5.75 Å². The van der Waals surface area contributed by atoms with Gasteiger partial charge in [0.2, 0.25) is 0 Å². The molecule has 0 radical (unpaired) electrons. The topological polar surface area (TPSA) is 50.5 Å². The average molecular weight is 396 g/mol. The van der Waals surface area contributed by atoms with Gasteiger partial charge in [0, 0.05) is 50.9 Å². The predicted molar refractivity (Wildman–Crippen MR) is 113 cm³/mol. The maximum absolute atomic E-state index is 11.7. The van der Waals surface area contributed by atoms with Crippen molar-refractivity contribution in [3.05, 3.63) is 48.0 Å². The smallest absolute Gasteiger partial charge is 0.141 e. The molecular formula is C24H33N3O2. The first-order chi connectivity index (χ1) is 14.1. The van der Waals surface area contributed by atoms with E-state index in [0.29, 0.717) is 6.10 Å². The van der Waals surface area contributed by atoms with Gasteiger partial charge < -0.3 is 14.4 Å². The number of aryl methyl sites for hydroxylation is 1. The highest BCUT2D eigenvalue weighted by Crippen LogP contribution is 2.48. The van der Waals surface area contributed by atoms with Gasteiger partial charge in [-0.1, -0.05) is 18.6 Å². The van der Waals surface area contributed by atoms with E-state index in [-0.39, 0.29) is 11.8 Å². The molecule has 5 rings (SSSR count). The lowest BCUT2D eigenvalue weighted by Gasteiger charge is -2.52. The maximum Gasteiger partial charge on any atom is 0.141 e. The molecule has 2 saturated carbocycles. The first kappa shape index (κ1) is 19.1. The van der Waals surface area contributed by atoms with Crippen molar-refractivity contribution in [3.63, 3.8) is 0 Å². The average Bonchev–Trinajstić information content (AvgIpc) is 3.36. The predicted octanol–water partition coefficient (Wildman–Crippen LogP) is 3.86. The Balaban J connectivity index is 1.26. The summed E-state index contributed by atoms with van der Waals surface area (Å²) < 4.78 is 8.11. The number of aliphatic hydroxyl groups is 1. The van der Waals surface area contributed by atoms with Crippen molar-refractivity contribution in [2.24, 2.45) is 18.9 Å². The number of hydrogen-bond donors (Lipinski definition) is 1. The van der Waals surface area contributed by atoms with Crippen molar-refractivity contribution in [2.75, 3.05) is 13.1 Å². The Kier molecular flexibility index (Phi) is 5.12. The SMILES string of the molecule is Cn1ccnc1C1(O)[C@@H]2CCC[C@@H]1CN(Cc1ccc(OC3CCCC3)cc1)C2. The zero-order valence-electron chi connectivity index (χ0n) is 17.5. The number of piperidine rings is 1. The summed E-state index contributed by atoms with van der Waals surface area (Å²) in [5, 5.41) is 11.7. The second-order valence-corrected chi connectivity index (χ2v) is 9.37. The molecule has 5 nitrogen and oxygen atoms in total. The van der Waals surface area contributed by atoms with E-state index in [4.69, 9.17) is 4.74 Å². The van der Waals surface area contributed by atoms with Crippen LogP contribution in [0.15, 0.2) is 36.7 Å². The van der Waals surface area contributed by atoms with E-state index in [1.807, 2.05) is 24.0 Å². The van der Waals surface area contributed by atoms with Gasteiger partial charge in [-0.3, -0.25) is 4.90 Å². The summed E-state index contributed by atoms with van der Waals surface area (Å²) in [6, 6.07) is 8.67. The van der Waals surface area contributed by atoms with Gasteiger partial charge in [-0.25, -0.2) is 4.98 Å². The van der Waals surface area contributed by atoms with E-state index >= 15 is 0 Å². The van der Waals surface area contributed by atoms with Crippen LogP contribution < -0.4 is 4.74 Å². The minimum atomic E-state index is -0.786. The molecule has 0 amide bonds. The summed E-state index contributed by atoms with van der Waals surface area (Å²) in [5.74, 6) is 2.35. The molecule has 2 aliphatic carbocycles. The summed E-state index contributed by atoms with van der Waals surface area (Å²) in [7, 11) is 2.00. The summed E-state index contributed by atoms with van der Waals surface area (Å²) in [5.41, 5.74) is 0.538. The third-order valence-corrected chi connectivity index (χ3v) is 7.42. The number of rotatable bonds is 5. The fourth-order valence-corrected chi connectivity index (χ4v) is 5.92. The zero-order valence-corrected chi connectivity index (χ0v) is 17.5. The van der Waals surface area contributed by atoms with E-state index in [0.717, 1.165) is 44.0 Å². The van der Waals surface area contributed by atoms with Crippen molar-refractivity contribution >= 4 is 0 Å². The third-order valence-electron chi connectivity index (χ3n) is 7.42. The van der Waals surface area contributed by atoms with Crippen LogP contribution >= 0.6 is 0 Å². The normalized spacial score (nSPS) is 30.6. The van der Waals surface area contributed by atoms with Crippen LogP contribution in [0.1, 0.15) is 56.3 Å². The molecule has 2 atom stereocenters. The minimum Gasteiger partial charge on any atom is -0.490 e. The van der Waals surface area contributed by atoms with Gasteiger partial charge >= 0.3 is 0 Å². The molecule has 2 heterocycles. The van der Waals surface area contributed by atoms with Crippen LogP contribution in [-0.4, -0.2) is 38.8 Å². The molecule has 156 valence electrons. The molecule has 29 heavy (non-hydrogen) atoms. The standard InChI is InChI=1S/C24H33N3O2/c1-26-14-13-25-23(26)24(28)19-5-4-6-20(24)17-27(16-19)15-18-9-11-22(12-10-18)29-21-7-2-3-8-21/h9-14,19-21,28H,2-8,15-17H2,1H3/t19-,20-/m1/s1. The molecule has 0 unspecified atom stereocenters. The van der Waals surface area contributed by atoms with Crippen molar-refractivity contribution in [1.29, 1.82) is 0 Å². The first-order valence-corrected chi connectivity index (χ1v) is 11.3. The number of ether oxygens (including phenoxy) is 1. The molecule has 2 bridgehead atoms. The molecule has 2 aromatic rings. The van der Waals surface area contributed by atoms with Gasteiger partial charge in [-0.05, 0) is 56.2 Å². The molecule has 3 aliphatic rings. The highest BCUT2D eigenvalue weighted by molar-refractivity contribution is 5.28. The molecule has 1 aromatic carbocycles. The quantitative estimate of drug-likeness (QED) is 0.835. The largest absolute Gasteiger partial charge is 0.490 e. The van der Waals surface area contributed by atoms with Crippen LogP contribution in [0.25, 0.3) is 0 Å². The lowest BCUT2D eigenvalue weighted by molar-refractivity contribution is -0.155. The molecule has 3 fully saturated rings. The van der Waals surface area contributed by atoms with Crippen LogP contribution in [0.5, 0.6) is 5.75 Å². The van der Waals surface area contributed by atoms with E-state index in [1.54, 1.807) is 0 Å². The number of nitrogens with zero attached hydrogens (tertiary/aromatic N) is 3. The maximum atomic E-state index is 11.7. The Hall–Kier alpha value is -1.85. The van der Waals surface area contributed by atoms with Crippen molar-refractivity contribution < 1.29 is 9.84 Å². The Labute approximate surface area is 173 Å². The summed E-state index contributed by atoms with van der Waals surface area (Å²) in [6.07, 6.45) is 12.5. The monoisotopic (exact) mass is 395 g/mol. The number of likely N-dealkylation sites (tertiary alicyclic amines) is 1. The zero-order chi connectivity index (χ0) is 19.8. The van der Waals surface area contributed by atoms with Gasteiger partial charge in [0.15, 0.2) is 0 Å². The molecule has 1 N–H and O–H groups in total. The van der Waals surface area contributed by atoms with Crippen molar-refractivity contribution in [1.82, 2.24) is 14.5 Å². The Morgan fingerprint density at radius 2 is 1.72 bits per heavy atom. The number of aromatic nitrogens is 2. The Morgan fingerprint density at radius 3 is 2.34 bits per heavy atom. The molecule has 1 aromatic heterocycles. The fourth-order valence-electron chi connectivity index (χ4n) is 5.92. The number of hydrogen-bond acceptors (Lipinski definition) is 4. The summed E-state index contributed by atoms with van der Waals surface area (Å²) in [6.45, 7) is 2.80. The lowest BCUT2D eigenvalue weighted by Crippen LogP contribution is -2.58. The molecule has 1 aliphatic heterocycles. The van der Waals surface area contributed by atoms with Crippen LogP contribution in [0.2, 0.25) is 0 Å². The highest BCUT2D eigenvalue weighted by Gasteiger charge is 2.53. The van der Waals surface area contributed by atoms with E-state index in [9.17, 15) is 5.11 Å². The fraction of sp³-hybridized carbons (Fsp3) is 0.625. The number of fused-ring (bicyclic) bond motifs is 2. The van der Waals surface area contributed by atoms with E-state index in [2.05, 4.69) is 34.1 Å². The van der Waals surface area contributed by atoms with E-state index in [1.165, 1.54) is 37.7 Å². The lowest BCUT2D eigenvalue weighted by atomic mass is 9.65. The van der Waals surface area contributed by atoms with Crippen LogP contribution in [0, 0.1) is 11.8 Å². The minimum absolute atomic E-state index is 0.251. The second kappa shape index (κ2) is 7.77. The Morgan fingerprint density at radius 1 is 1.03 bits per heavy atom. The first-order valence-electron chi connectivity index (χ1n) is 11.3. The molecule has 1 saturated heterocycles. The molecular weight excluding hydrogens is 362 g/mol. The van der Waals surface area contributed by atoms with Crippen LogP contribution in [0.4, 0.5) is 0 Å². The Bertz CT molecular complexity index is 811. The number of imidazole rings is 1. The van der Waals surface area contributed by atoms with E-state index < -0.39 is 5.60 Å². The summed E-state index contributed by atoms with van der Waals surface area (Å²) >= 11 is 0. The van der Waals surface area contributed by atoms with Crippen LogP contribution in [0.3, 0.4) is 0 Å². The van der Waals surface area contributed by atoms with Crippen LogP contribution in [-0.2, 0) is 19.2 Å². The third kappa shape index (κ3) is 3.59. The second-order valence-electron chi connectivity index (χ2n) is 9.37. The van der Waals surface area contributed by atoms with Gasteiger partial charge in [-0.2, -0.15) is 0 Å². The highest BCUT2D eigenvalue weighted by atomic mass is 16.5. The van der Waals surface area contributed by atoms with Gasteiger partial charge in [0.1, 0.15) is 17.2 Å². The van der Waals surface area contributed by atoms with Gasteiger partial charge in [0.05, 0.1) is 6.10 Å². The molecule has 0 spiro atoms. The van der Waals surface area contributed by atoms with Gasteiger partial charge in [0.25, 0.3) is 0 Å². The van der Waals surface area contributed by atoms with Gasteiger partial charge in [-0.15, -0.1) is 0 Å². The number of benzene rings is 1. The molecule has 5 heteroatoms.